The highest BCUT2D eigenvalue weighted by atomic mass is 16.4. The molecule has 1 atom stereocenters. The van der Waals surface area contributed by atoms with Gasteiger partial charge in [0.25, 0.3) is 0 Å². The van der Waals surface area contributed by atoms with E-state index in [2.05, 4.69) is 4.98 Å². The first-order chi connectivity index (χ1) is 7.58. The summed E-state index contributed by atoms with van der Waals surface area (Å²) in [7, 11) is 0. The van der Waals surface area contributed by atoms with Gasteiger partial charge in [0.15, 0.2) is 0 Å². The van der Waals surface area contributed by atoms with Crippen molar-refractivity contribution in [3.63, 3.8) is 0 Å². The van der Waals surface area contributed by atoms with E-state index in [1.165, 1.54) is 0 Å². The molecule has 4 nitrogen and oxygen atoms in total. The van der Waals surface area contributed by atoms with E-state index in [4.69, 9.17) is 5.11 Å². The van der Waals surface area contributed by atoms with Crippen molar-refractivity contribution in [3.8, 4) is 0 Å². The van der Waals surface area contributed by atoms with Crippen molar-refractivity contribution in [3.05, 3.63) is 35.5 Å². The molecule has 3 N–H and O–H groups in total. The number of aryl methyl sites for hydroxylation is 1. The lowest BCUT2D eigenvalue weighted by Gasteiger charge is -2.06. The number of rotatable bonds is 3. The fourth-order valence-electron chi connectivity index (χ4n) is 1.81. The van der Waals surface area contributed by atoms with Crippen molar-refractivity contribution in [2.75, 3.05) is 0 Å². The number of carboxylic acids is 1. The SMILES string of the molecule is Cc1ccc2[nH]cc(C(O)CC(=O)O)c2c1. The molecule has 0 aliphatic rings. The monoisotopic (exact) mass is 219 g/mol. The van der Waals surface area contributed by atoms with Crippen LogP contribution in [0.5, 0.6) is 0 Å². The maximum absolute atomic E-state index is 10.5. The first kappa shape index (κ1) is 10.7. The molecule has 4 heteroatoms. The van der Waals surface area contributed by atoms with Crippen molar-refractivity contribution >= 4 is 16.9 Å². The van der Waals surface area contributed by atoms with Crippen molar-refractivity contribution in [2.24, 2.45) is 0 Å². The highest BCUT2D eigenvalue weighted by molar-refractivity contribution is 5.84. The summed E-state index contributed by atoms with van der Waals surface area (Å²) in [6.45, 7) is 1.96. The Morgan fingerprint density at radius 2 is 2.25 bits per heavy atom. The van der Waals surface area contributed by atoms with Crippen LogP contribution in [0.25, 0.3) is 10.9 Å². The van der Waals surface area contributed by atoms with Crippen LogP contribution in [0.15, 0.2) is 24.4 Å². The zero-order valence-electron chi connectivity index (χ0n) is 8.90. The van der Waals surface area contributed by atoms with Crippen molar-refractivity contribution in [1.29, 1.82) is 0 Å². The fraction of sp³-hybridized carbons (Fsp3) is 0.250. The summed E-state index contributed by atoms with van der Waals surface area (Å²) in [4.78, 5) is 13.6. The summed E-state index contributed by atoms with van der Waals surface area (Å²) in [6, 6.07) is 5.82. The van der Waals surface area contributed by atoms with Crippen LogP contribution in [0.1, 0.15) is 23.7 Å². The number of aromatic nitrogens is 1. The maximum atomic E-state index is 10.5. The van der Waals surface area contributed by atoms with Gasteiger partial charge in [-0.25, -0.2) is 0 Å². The van der Waals surface area contributed by atoms with Gasteiger partial charge in [0.05, 0.1) is 12.5 Å². The van der Waals surface area contributed by atoms with Crippen molar-refractivity contribution < 1.29 is 15.0 Å². The van der Waals surface area contributed by atoms with Gasteiger partial charge in [-0.15, -0.1) is 0 Å². The number of H-pyrrole nitrogens is 1. The number of aromatic amines is 1. The summed E-state index contributed by atoms with van der Waals surface area (Å²) in [5.74, 6) is -1.01. The molecule has 1 aromatic heterocycles. The molecule has 16 heavy (non-hydrogen) atoms. The Labute approximate surface area is 92.5 Å². The second-order valence-corrected chi connectivity index (χ2v) is 3.91. The highest BCUT2D eigenvalue weighted by Gasteiger charge is 2.16. The van der Waals surface area contributed by atoms with Crippen LogP contribution in [-0.2, 0) is 4.79 Å². The lowest BCUT2D eigenvalue weighted by atomic mass is 10.0. The number of aliphatic hydroxyl groups is 1. The summed E-state index contributed by atoms with van der Waals surface area (Å²) in [5, 5.41) is 19.3. The van der Waals surface area contributed by atoms with Gasteiger partial charge in [0, 0.05) is 22.7 Å². The molecule has 0 fully saturated rings. The molecule has 0 saturated carbocycles. The van der Waals surface area contributed by atoms with Gasteiger partial charge in [-0.3, -0.25) is 4.79 Å². The molecule has 1 aromatic carbocycles. The number of carboxylic acid groups (broad SMARTS) is 1. The number of hydrogen-bond donors (Lipinski definition) is 3. The molecule has 0 spiro atoms. The minimum absolute atomic E-state index is 0.277. The summed E-state index contributed by atoms with van der Waals surface area (Å²) < 4.78 is 0. The molecule has 0 amide bonds. The second-order valence-electron chi connectivity index (χ2n) is 3.91. The van der Waals surface area contributed by atoms with Gasteiger partial charge in [-0.1, -0.05) is 11.6 Å². The van der Waals surface area contributed by atoms with E-state index in [9.17, 15) is 9.90 Å². The van der Waals surface area contributed by atoms with Gasteiger partial charge in [0.1, 0.15) is 0 Å². The standard InChI is InChI=1S/C12H13NO3/c1-7-2-3-10-8(4-7)9(6-13-10)11(14)5-12(15)16/h2-4,6,11,13-14H,5H2,1H3,(H,15,16). The zero-order valence-corrected chi connectivity index (χ0v) is 8.90. The minimum Gasteiger partial charge on any atom is -0.481 e. The Morgan fingerprint density at radius 3 is 2.94 bits per heavy atom. The fourth-order valence-corrected chi connectivity index (χ4v) is 1.81. The molecule has 1 unspecified atom stereocenters. The molecule has 2 rings (SSSR count). The van der Waals surface area contributed by atoms with Crippen LogP contribution in [-0.4, -0.2) is 21.2 Å². The van der Waals surface area contributed by atoms with Gasteiger partial charge >= 0.3 is 5.97 Å². The number of aliphatic carboxylic acids is 1. The maximum Gasteiger partial charge on any atom is 0.306 e. The number of hydrogen-bond acceptors (Lipinski definition) is 2. The second kappa shape index (κ2) is 3.98. The van der Waals surface area contributed by atoms with Crippen molar-refractivity contribution in [2.45, 2.75) is 19.4 Å². The van der Waals surface area contributed by atoms with Crippen LogP contribution in [0.3, 0.4) is 0 Å². The lowest BCUT2D eigenvalue weighted by Crippen LogP contribution is -2.04. The molecule has 0 saturated heterocycles. The average molecular weight is 219 g/mol. The van der Waals surface area contributed by atoms with E-state index in [1.807, 2.05) is 25.1 Å². The average Bonchev–Trinajstić information content (AvgIpc) is 2.59. The van der Waals surface area contributed by atoms with Gasteiger partial charge in [0.2, 0.25) is 0 Å². The van der Waals surface area contributed by atoms with Crippen LogP contribution >= 0.6 is 0 Å². The topological polar surface area (TPSA) is 73.3 Å². The number of carbonyl (C=O) groups is 1. The van der Waals surface area contributed by atoms with Gasteiger partial charge < -0.3 is 15.2 Å². The van der Waals surface area contributed by atoms with E-state index in [-0.39, 0.29) is 6.42 Å². The Kier molecular flexibility index (Phi) is 2.66. The normalized spacial score (nSPS) is 12.9. The Morgan fingerprint density at radius 1 is 1.50 bits per heavy atom. The Balaban J connectivity index is 2.44. The molecule has 0 aliphatic heterocycles. The number of aliphatic hydroxyl groups excluding tert-OH is 1. The highest BCUT2D eigenvalue weighted by Crippen LogP contribution is 2.26. The van der Waals surface area contributed by atoms with Gasteiger partial charge in [-0.2, -0.15) is 0 Å². The first-order valence-electron chi connectivity index (χ1n) is 5.05. The quantitative estimate of drug-likeness (QED) is 0.739. The molecule has 84 valence electrons. The predicted molar refractivity (Wildman–Crippen MR) is 60.2 cm³/mol. The largest absolute Gasteiger partial charge is 0.481 e. The summed E-state index contributed by atoms with van der Waals surface area (Å²) in [6.07, 6.45) is 0.423. The molecular formula is C12H13NO3. The smallest absolute Gasteiger partial charge is 0.306 e. The number of nitrogens with one attached hydrogen (secondary N) is 1. The molecule has 0 bridgehead atoms. The van der Waals surface area contributed by atoms with Crippen LogP contribution in [0.2, 0.25) is 0 Å². The zero-order chi connectivity index (χ0) is 11.7. The minimum atomic E-state index is -1.01. The number of fused-ring (bicyclic) bond motifs is 1. The Bertz CT molecular complexity index is 530. The predicted octanol–water partition coefficient (Wildman–Crippen LogP) is 1.98. The van der Waals surface area contributed by atoms with Gasteiger partial charge in [-0.05, 0) is 19.1 Å². The summed E-state index contributed by atoms with van der Waals surface area (Å²) >= 11 is 0. The Hall–Kier alpha value is -1.81. The third kappa shape index (κ3) is 1.92. The van der Waals surface area contributed by atoms with Crippen LogP contribution in [0, 0.1) is 6.92 Å². The van der Waals surface area contributed by atoms with E-state index >= 15 is 0 Å². The van der Waals surface area contributed by atoms with E-state index < -0.39 is 12.1 Å². The van der Waals surface area contributed by atoms with Crippen LogP contribution < -0.4 is 0 Å². The number of benzene rings is 1. The van der Waals surface area contributed by atoms with Crippen LogP contribution in [0.4, 0.5) is 0 Å². The van der Waals surface area contributed by atoms with Crippen molar-refractivity contribution in [1.82, 2.24) is 4.98 Å². The summed E-state index contributed by atoms with van der Waals surface area (Å²) in [5.41, 5.74) is 2.63. The molecule has 1 heterocycles. The molecule has 2 aromatic rings. The first-order valence-corrected chi connectivity index (χ1v) is 5.05. The third-order valence-electron chi connectivity index (χ3n) is 2.60. The lowest BCUT2D eigenvalue weighted by molar-refractivity contribution is -0.139. The van der Waals surface area contributed by atoms with E-state index in [0.717, 1.165) is 16.5 Å². The van der Waals surface area contributed by atoms with E-state index in [1.54, 1.807) is 6.20 Å². The molecular weight excluding hydrogens is 206 g/mol. The molecule has 0 radical (unpaired) electrons. The molecule has 0 aliphatic carbocycles. The third-order valence-corrected chi connectivity index (χ3v) is 2.60. The van der Waals surface area contributed by atoms with E-state index in [0.29, 0.717) is 5.56 Å².